The van der Waals surface area contributed by atoms with E-state index in [0.29, 0.717) is 34.7 Å². The Morgan fingerprint density at radius 1 is 1.00 bits per heavy atom. The van der Waals surface area contributed by atoms with E-state index < -0.39 is 0 Å². The van der Waals surface area contributed by atoms with Crippen LogP contribution >= 0.6 is 0 Å². The zero-order valence-corrected chi connectivity index (χ0v) is 5.95. The van der Waals surface area contributed by atoms with Gasteiger partial charge in [0.25, 0.3) is 0 Å². The second-order valence-electron chi connectivity index (χ2n) is 2.70. The molecule has 0 amide bonds. The molecule has 0 aromatic rings. The highest BCUT2D eigenvalue weighted by atomic mass is 17.1. The lowest BCUT2D eigenvalue weighted by atomic mass is 10.0. The van der Waals surface area contributed by atoms with Gasteiger partial charge in [0, 0.05) is 0 Å². The molecule has 0 bridgehead atoms. The lowest BCUT2D eigenvalue weighted by Crippen LogP contribution is -2.14. The largest absolute Gasteiger partial charge is 0.732 e. The molecule has 0 saturated carbocycles. The van der Waals surface area contributed by atoms with Crippen LogP contribution in [0, 0.1) is 10.4 Å². The van der Waals surface area contributed by atoms with E-state index in [4.69, 9.17) is 0 Å². The molecule has 1 aliphatic carbocycles. The van der Waals surface area contributed by atoms with Crippen molar-refractivity contribution in [3.63, 3.8) is 0 Å². The van der Waals surface area contributed by atoms with Crippen molar-refractivity contribution in [3.8, 4) is 0 Å². The smallest absolute Gasteiger partial charge is 0.0516 e. The molecule has 5 nitrogen and oxygen atoms in total. The van der Waals surface area contributed by atoms with Crippen LogP contribution in [-0.2, 0) is 4.94 Å². The van der Waals surface area contributed by atoms with Gasteiger partial charge in [0.1, 0.15) is 0 Å². The topological polar surface area (TPSA) is 61.8 Å². The highest BCUT2D eigenvalue weighted by molar-refractivity contribution is 5.16. The second kappa shape index (κ2) is 2.37. The van der Waals surface area contributed by atoms with Gasteiger partial charge < -0.3 is 10.4 Å². The van der Waals surface area contributed by atoms with E-state index in [2.05, 4.69) is 4.94 Å². The van der Waals surface area contributed by atoms with E-state index in [1.165, 1.54) is 0 Å². The van der Waals surface area contributed by atoms with Crippen molar-refractivity contribution in [2.24, 2.45) is 0 Å². The third-order valence-corrected chi connectivity index (χ3v) is 2.00. The van der Waals surface area contributed by atoms with E-state index in [-0.39, 0.29) is 0 Å². The number of nitrogens with zero attached hydrogens (tertiary/aromatic N) is 2. The van der Waals surface area contributed by atoms with Crippen molar-refractivity contribution in [3.05, 3.63) is 21.8 Å². The Bertz CT molecular complexity index is 184. The number of hydrogen-bond donors (Lipinski definition) is 0. The SMILES string of the molecule is [O-]N1ON([O-])C2=C1CCCC2. The first-order chi connectivity index (χ1) is 5.29. The van der Waals surface area contributed by atoms with Crippen LogP contribution in [0.3, 0.4) is 0 Å². The number of hydrogen-bond acceptors (Lipinski definition) is 5. The quantitative estimate of drug-likeness (QED) is 0.527. The van der Waals surface area contributed by atoms with Crippen LogP contribution in [0.2, 0.25) is 0 Å². The minimum atomic E-state index is 0.321. The van der Waals surface area contributed by atoms with Crippen LogP contribution in [-0.4, -0.2) is 10.5 Å². The molecule has 1 heterocycles. The molecular weight excluding hydrogens is 148 g/mol. The molecule has 0 fully saturated rings. The first-order valence-electron chi connectivity index (χ1n) is 3.63. The van der Waals surface area contributed by atoms with Gasteiger partial charge in [-0.05, 0) is 25.7 Å². The Kier molecular flexibility index (Phi) is 1.49. The van der Waals surface area contributed by atoms with E-state index in [1.807, 2.05) is 0 Å². The summed E-state index contributed by atoms with van der Waals surface area (Å²) >= 11 is 0. The molecule has 0 aromatic carbocycles. The van der Waals surface area contributed by atoms with Gasteiger partial charge in [-0.15, -0.1) is 0 Å². The fourth-order valence-corrected chi connectivity index (χ4v) is 1.43. The van der Waals surface area contributed by atoms with Crippen LogP contribution in [0.25, 0.3) is 0 Å². The van der Waals surface area contributed by atoms with Gasteiger partial charge in [-0.3, -0.25) is 10.5 Å². The Balaban J connectivity index is 2.25. The van der Waals surface area contributed by atoms with Gasteiger partial charge in [0.05, 0.1) is 11.4 Å². The monoisotopic (exact) mass is 156 g/mol. The van der Waals surface area contributed by atoms with E-state index in [1.54, 1.807) is 0 Å². The maximum atomic E-state index is 10.8. The third-order valence-electron chi connectivity index (χ3n) is 2.00. The highest BCUT2D eigenvalue weighted by Crippen LogP contribution is 2.34. The van der Waals surface area contributed by atoms with Crippen LogP contribution in [0.1, 0.15) is 25.7 Å². The van der Waals surface area contributed by atoms with Crippen molar-refractivity contribution in [1.82, 2.24) is 10.5 Å². The second-order valence-corrected chi connectivity index (χ2v) is 2.70. The third kappa shape index (κ3) is 0.973. The molecule has 1 aliphatic heterocycles. The normalized spacial score (nSPS) is 24.5. The summed E-state index contributed by atoms with van der Waals surface area (Å²) in [5.41, 5.74) is 1.01. The molecule has 2 aliphatic rings. The molecular formula is C6H8N2O3-2. The van der Waals surface area contributed by atoms with Crippen molar-refractivity contribution < 1.29 is 4.94 Å². The molecule has 0 N–H and O–H groups in total. The van der Waals surface area contributed by atoms with Crippen LogP contribution < -0.4 is 0 Å². The Morgan fingerprint density at radius 3 is 1.91 bits per heavy atom. The molecule has 0 aromatic heterocycles. The Hall–Kier alpha value is -0.780. The van der Waals surface area contributed by atoms with Crippen molar-refractivity contribution >= 4 is 0 Å². The summed E-state index contributed by atoms with van der Waals surface area (Å²) < 4.78 is 0. The lowest BCUT2D eigenvalue weighted by Gasteiger charge is -2.28. The van der Waals surface area contributed by atoms with Crippen molar-refractivity contribution in [2.75, 3.05) is 0 Å². The summed E-state index contributed by atoms with van der Waals surface area (Å²) in [5.74, 6) is 0. The summed E-state index contributed by atoms with van der Waals surface area (Å²) in [6, 6.07) is 0. The molecule has 0 atom stereocenters. The van der Waals surface area contributed by atoms with Gasteiger partial charge in [-0.2, -0.15) is 4.94 Å². The Morgan fingerprint density at radius 2 is 1.45 bits per heavy atom. The molecule has 0 saturated heterocycles. The summed E-state index contributed by atoms with van der Waals surface area (Å²) in [6.07, 6.45) is 3.26. The lowest BCUT2D eigenvalue weighted by molar-refractivity contribution is -0.219. The zero-order chi connectivity index (χ0) is 7.84. The minimum absolute atomic E-state index is 0.321. The van der Waals surface area contributed by atoms with Gasteiger partial charge in [0.15, 0.2) is 0 Å². The van der Waals surface area contributed by atoms with Crippen LogP contribution in [0.15, 0.2) is 11.4 Å². The minimum Gasteiger partial charge on any atom is -0.732 e. The van der Waals surface area contributed by atoms with E-state index in [9.17, 15) is 10.4 Å². The highest BCUT2D eigenvalue weighted by Gasteiger charge is 2.22. The molecule has 5 heteroatoms. The number of hydroxylamine groups is 4. The number of allylic oxidation sites excluding steroid dienone is 2. The first-order valence-corrected chi connectivity index (χ1v) is 3.63. The van der Waals surface area contributed by atoms with Gasteiger partial charge in [-0.1, -0.05) is 0 Å². The number of rotatable bonds is 0. The van der Waals surface area contributed by atoms with Gasteiger partial charge >= 0.3 is 0 Å². The van der Waals surface area contributed by atoms with Gasteiger partial charge in [0.2, 0.25) is 0 Å². The summed E-state index contributed by atoms with van der Waals surface area (Å²) in [5, 5.41) is 22.3. The van der Waals surface area contributed by atoms with Crippen LogP contribution in [0.5, 0.6) is 0 Å². The van der Waals surface area contributed by atoms with Crippen molar-refractivity contribution in [2.45, 2.75) is 25.7 Å². The average Bonchev–Trinajstić information content (AvgIpc) is 2.30. The van der Waals surface area contributed by atoms with E-state index >= 15 is 0 Å². The molecule has 2 rings (SSSR count). The molecule has 62 valence electrons. The maximum Gasteiger partial charge on any atom is 0.0516 e. The predicted molar refractivity (Wildman–Crippen MR) is 37.0 cm³/mol. The fraction of sp³-hybridized carbons (Fsp3) is 0.667. The maximum absolute atomic E-state index is 10.8. The molecule has 0 radical (unpaired) electrons. The average molecular weight is 156 g/mol. The summed E-state index contributed by atoms with van der Waals surface area (Å²) in [7, 11) is 0. The molecule has 11 heavy (non-hydrogen) atoms. The first kappa shape index (κ1) is 6.90. The molecule has 0 unspecified atom stereocenters. The standard InChI is InChI=1S/C6H8N2O3/c9-7-5-3-1-2-4-6(5)8(10)11-7/h1-4H2/q-2. The summed E-state index contributed by atoms with van der Waals surface area (Å²) in [4.78, 5) is 4.29. The van der Waals surface area contributed by atoms with Crippen LogP contribution in [0.4, 0.5) is 0 Å². The Labute approximate surface area is 63.9 Å². The fourth-order valence-electron chi connectivity index (χ4n) is 1.43. The predicted octanol–water partition coefficient (Wildman–Crippen LogP) is 1.23. The zero-order valence-electron chi connectivity index (χ0n) is 5.95. The van der Waals surface area contributed by atoms with Crippen molar-refractivity contribution in [1.29, 1.82) is 0 Å². The molecule has 0 spiro atoms. The summed E-state index contributed by atoms with van der Waals surface area (Å²) in [6.45, 7) is 0. The van der Waals surface area contributed by atoms with E-state index in [0.717, 1.165) is 12.8 Å². The van der Waals surface area contributed by atoms with Gasteiger partial charge in [-0.25, -0.2) is 0 Å².